The van der Waals surface area contributed by atoms with Crippen LogP contribution in [0.3, 0.4) is 0 Å². The van der Waals surface area contributed by atoms with Crippen LogP contribution in [0.15, 0.2) is 36.4 Å². The summed E-state index contributed by atoms with van der Waals surface area (Å²) < 4.78 is 19.1. The number of ether oxygens (including phenoxy) is 1. The quantitative estimate of drug-likeness (QED) is 0.782. The molecule has 0 atom stereocenters. The molecule has 0 spiro atoms. The van der Waals surface area contributed by atoms with Crippen LogP contribution < -0.4 is 15.4 Å². The second kappa shape index (κ2) is 5.63. The van der Waals surface area contributed by atoms with Gasteiger partial charge in [-0.05, 0) is 54.8 Å². The van der Waals surface area contributed by atoms with Gasteiger partial charge in [-0.2, -0.15) is 4.98 Å². The van der Waals surface area contributed by atoms with Crippen LogP contribution in [0, 0.1) is 5.82 Å². The number of hydrogen-bond donors (Lipinski definition) is 1. The number of fused-ring (bicyclic) bond motifs is 2. The van der Waals surface area contributed by atoms with Crippen molar-refractivity contribution in [1.82, 2.24) is 9.97 Å². The van der Waals surface area contributed by atoms with Gasteiger partial charge in [0, 0.05) is 17.6 Å². The third kappa shape index (κ3) is 2.40. The van der Waals surface area contributed by atoms with Gasteiger partial charge in [-0.3, -0.25) is 0 Å². The van der Waals surface area contributed by atoms with Gasteiger partial charge in [0.05, 0.1) is 12.6 Å². The molecule has 2 heterocycles. The Morgan fingerprint density at radius 2 is 2.04 bits per heavy atom. The number of hydrogen-bond acceptors (Lipinski definition) is 5. The molecule has 0 unspecified atom stereocenters. The van der Waals surface area contributed by atoms with E-state index in [4.69, 9.17) is 10.5 Å². The Morgan fingerprint density at radius 1 is 1.17 bits per heavy atom. The third-order valence-corrected chi connectivity index (χ3v) is 4.32. The van der Waals surface area contributed by atoms with E-state index in [1.807, 2.05) is 18.2 Å². The Bertz CT molecular complexity index is 928. The minimum absolute atomic E-state index is 0.185. The SMILES string of the molecule is COc1ccc2c(c1)CCCN2c1nc(N)nc2ccc(F)cc12. The average molecular weight is 324 g/mol. The highest BCUT2D eigenvalue weighted by molar-refractivity contribution is 5.93. The van der Waals surface area contributed by atoms with Gasteiger partial charge in [0.15, 0.2) is 0 Å². The first-order valence-corrected chi connectivity index (χ1v) is 7.83. The van der Waals surface area contributed by atoms with E-state index < -0.39 is 0 Å². The normalized spacial score (nSPS) is 13.8. The first-order valence-electron chi connectivity index (χ1n) is 7.83. The van der Waals surface area contributed by atoms with E-state index in [-0.39, 0.29) is 11.8 Å². The second-order valence-corrected chi connectivity index (χ2v) is 5.82. The first-order chi connectivity index (χ1) is 11.7. The molecule has 0 aliphatic carbocycles. The van der Waals surface area contributed by atoms with Crippen molar-refractivity contribution in [2.24, 2.45) is 0 Å². The predicted molar refractivity (Wildman–Crippen MR) is 92.2 cm³/mol. The Balaban J connectivity index is 1.92. The Kier molecular flexibility index (Phi) is 3.45. The first kappa shape index (κ1) is 14.7. The van der Waals surface area contributed by atoms with Crippen LogP contribution in [-0.2, 0) is 6.42 Å². The summed E-state index contributed by atoms with van der Waals surface area (Å²) in [5.74, 6) is 1.34. The number of nitrogen functional groups attached to an aromatic ring is 1. The summed E-state index contributed by atoms with van der Waals surface area (Å²) in [6.45, 7) is 0.793. The molecule has 1 aromatic heterocycles. The molecular formula is C18H17FN4O. The summed E-state index contributed by atoms with van der Waals surface area (Å²) in [6, 6.07) is 10.4. The van der Waals surface area contributed by atoms with E-state index in [9.17, 15) is 4.39 Å². The molecular weight excluding hydrogens is 307 g/mol. The van der Waals surface area contributed by atoms with E-state index in [0.29, 0.717) is 16.7 Å². The topological polar surface area (TPSA) is 64.3 Å². The minimum atomic E-state index is -0.316. The van der Waals surface area contributed by atoms with Crippen molar-refractivity contribution in [2.45, 2.75) is 12.8 Å². The molecule has 0 radical (unpaired) electrons. The van der Waals surface area contributed by atoms with Crippen LogP contribution in [0.5, 0.6) is 5.75 Å². The summed E-state index contributed by atoms with van der Waals surface area (Å²) >= 11 is 0. The highest BCUT2D eigenvalue weighted by atomic mass is 19.1. The monoisotopic (exact) mass is 324 g/mol. The summed E-state index contributed by atoms with van der Waals surface area (Å²) in [4.78, 5) is 10.7. The van der Waals surface area contributed by atoms with E-state index in [1.54, 1.807) is 13.2 Å². The molecule has 4 rings (SSSR count). The number of nitrogens with zero attached hydrogens (tertiary/aromatic N) is 3. The molecule has 2 aromatic carbocycles. The highest BCUT2D eigenvalue weighted by Gasteiger charge is 2.22. The number of benzene rings is 2. The third-order valence-electron chi connectivity index (χ3n) is 4.32. The predicted octanol–water partition coefficient (Wildman–Crippen LogP) is 3.44. The summed E-state index contributed by atoms with van der Waals surface area (Å²) in [6.07, 6.45) is 1.94. The molecule has 1 aliphatic rings. The lowest BCUT2D eigenvalue weighted by Crippen LogP contribution is -2.26. The lowest BCUT2D eigenvalue weighted by molar-refractivity contribution is 0.414. The maximum absolute atomic E-state index is 13.8. The largest absolute Gasteiger partial charge is 0.497 e. The van der Waals surface area contributed by atoms with E-state index >= 15 is 0 Å². The number of aromatic nitrogens is 2. The molecule has 0 saturated heterocycles. The van der Waals surface area contributed by atoms with Gasteiger partial charge in [0.1, 0.15) is 17.4 Å². The minimum Gasteiger partial charge on any atom is -0.497 e. The molecule has 3 aromatic rings. The van der Waals surface area contributed by atoms with Crippen LogP contribution in [0.4, 0.5) is 21.8 Å². The molecule has 5 nitrogen and oxygen atoms in total. The van der Waals surface area contributed by atoms with Crippen molar-refractivity contribution < 1.29 is 9.13 Å². The van der Waals surface area contributed by atoms with Crippen LogP contribution in [0.1, 0.15) is 12.0 Å². The van der Waals surface area contributed by atoms with Crippen LogP contribution in [0.2, 0.25) is 0 Å². The van der Waals surface area contributed by atoms with Gasteiger partial charge in [-0.15, -0.1) is 0 Å². The van der Waals surface area contributed by atoms with Gasteiger partial charge in [-0.25, -0.2) is 9.37 Å². The van der Waals surface area contributed by atoms with E-state index in [0.717, 1.165) is 30.8 Å². The highest BCUT2D eigenvalue weighted by Crippen LogP contribution is 2.37. The fourth-order valence-corrected chi connectivity index (χ4v) is 3.23. The lowest BCUT2D eigenvalue weighted by Gasteiger charge is -2.31. The average Bonchev–Trinajstić information content (AvgIpc) is 2.60. The Hall–Kier alpha value is -2.89. The second-order valence-electron chi connectivity index (χ2n) is 5.82. The standard InChI is InChI=1S/C18H17FN4O/c1-24-13-5-7-16-11(9-13)3-2-8-23(16)17-14-10-12(19)4-6-15(14)21-18(20)22-17/h4-7,9-10H,2-3,8H2,1H3,(H2,20,21,22). The zero-order valence-corrected chi connectivity index (χ0v) is 13.3. The summed E-state index contributed by atoms with van der Waals surface area (Å²) in [5, 5.41) is 0.660. The van der Waals surface area contributed by atoms with Crippen LogP contribution in [-0.4, -0.2) is 23.6 Å². The molecule has 0 amide bonds. The lowest BCUT2D eigenvalue weighted by atomic mass is 10.0. The van der Waals surface area contributed by atoms with Crippen molar-refractivity contribution in [3.05, 3.63) is 47.8 Å². The van der Waals surface area contributed by atoms with Crippen molar-refractivity contribution in [3.63, 3.8) is 0 Å². The number of anilines is 3. The van der Waals surface area contributed by atoms with Crippen molar-refractivity contribution in [1.29, 1.82) is 0 Å². The molecule has 2 N–H and O–H groups in total. The number of aryl methyl sites for hydroxylation is 1. The Morgan fingerprint density at radius 3 is 2.88 bits per heavy atom. The molecule has 0 saturated carbocycles. The maximum Gasteiger partial charge on any atom is 0.222 e. The summed E-state index contributed by atoms with van der Waals surface area (Å²) in [5.41, 5.74) is 8.74. The molecule has 1 aliphatic heterocycles. The summed E-state index contributed by atoms with van der Waals surface area (Å²) in [7, 11) is 1.66. The van der Waals surface area contributed by atoms with Crippen LogP contribution >= 0.6 is 0 Å². The van der Waals surface area contributed by atoms with E-state index in [2.05, 4.69) is 14.9 Å². The van der Waals surface area contributed by atoms with Crippen molar-refractivity contribution in [3.8, 4) is 5.75 Å². The van der Waals surface area contributed by atoms with Gasteiger partial charge in [0.2, 0.25) is 5.95 Å². The molecule has 122 valence electrons. The molecule has 6 heteroatoms. The number of methoxy groups -OCH3 is 1. The van der Waals surface area contributed by atoms with E-state index in [1.165, 1.54) is 17.7 Å². The number of nitrogens with two attached hydrogens (primary N) is 1. The molecule has 24 heavy (non-hydrogen) atoms. The zero-order valence-electron chi connectivity index (χ0n) is 13.3. The number of rotatable bonds is 2. The zero-order chi connectivity index (χ0) is 16.7. The van der Waals surface area contributed by atoms with Gasteiger partial charge in [-0.1, -0.05) is 0 Å². The fourth-order valence-electron chi connectivity index (χ4n) is 3.23. The van der Waals surface area contributed by atoms with Crippen LogP contribution in [0.25, 0.3) is 10.9 Å². The van der Waals surface area contributed by atoms with Crippen molar-refractivity contribution >= 4 is 28.4 Å². The number of halogens is 1. The van der Waals surface area contributed by atoms with Gasteiger partial charge >= 0.3 is 0 Å². The fraction of sp³-hybridized carbons (Fsp3) is 0.222. The smallest absolute Gasteiger partial charge is 0.222 e. The Labute approximate surface area is 138 Å². The maximum atomic E-state index is 13.8. The van der Waals surface area contributed by atoms with Gasteiger partial charge < -0.3 is 15.4 Å². The van der Waals surface area contributed by atoms with Crippen molar-refractivity contribution in [2.75, 3.05) is 24.3 Å². The van der Waals surface area contributed by atoms with Gasteiger partial charge in [0.25, 0.3) is 0 Å². The molecule has 0 fully saturated rings. The molecule has 0 bridgehead atoms.